The zero-order valence-corrected chi connectivity index (χ0v) is 6.25. The van der Waals surface area contributed by atoms with E-state index in [1.807, 2.05) is 0 Å². The van der Waals surface area contributed by atoms with Gasteiger partial charge in [-0.15, -0.1) is 0 Å². The minimum Gasteiger partial charge on any atom is -0.820 e. The van der Waals surface area contributed by atoms with Gasteiger partial charge in [0.15, 0.2) is 0 Å². The van der Waals surface area contributed by atoms with Crippen LogP contribution < -0.4 is 9.79 Å². The van der Waals surface area contributed by atoms with Gasteiger partial charge in [0.2, 0.25) is 0 Å². The maximum Gasteiger partial charge on any atom is 0.0710 e. The predicted octanol–water partition coefficient (Wildman–Crippen LogP) is -2.04. The summed E-state index contributed by atoms with van der Waals surface area (Å²) in [6.45, 7) is 0.338. The molecule has 0 amide bonds. The molecule has 10 heavy (non-hydrogen) atoms. The quantitative estimate of drug-likeness (QED) is 0.364. The average molecular weight is 168 g/mol. The van der Waals surface area contributed by atoms with Crippen molar-refractivity contribution in [2.24, 2.45) is 0 Å². The van der Waals surface area contributed by atoms with Crippen LogP contribution in [0.5, 0.6) is 0 Å². The summed E-state index contributed by atoms with van der Waals surface area (Å²) in [4.78, 5) is 19.5. The highest BCUT2D eigenvalue weighted by Gasteiger charge is 1.84. The molecule has 0 radical (unpaired) electrons. The third-order valence-electron chi connectivity index (χ3n) is 0.660. The van der Waals surface area contributed by atoms with E-state index in [9.17, 15) is 9.79 Å². The molecule has 0 saturated heterocycles. The molecule has 5 nitrogen and oxygen atoms in total. The van der Waals surface area contributed by atoms with Crippen molar-refractivity contribution in [2.45, 2.75) is 0 Å². The fourth-order valence-electron chi connectivity index (χ4n) is 0.337. The number of rotatable bonds is 6. The summed E-state index contributed by atoms with van der Waals surface area (Å²) in [5.41, 5.74) is 0. The lowest BCUT2D eigenvalue weighted by atomic mass is 10.7. The van der Waals surface area contributed by atoms with E-state index >= 15 is 0 Å². The normalized spacial score (nSPS) is 10.8. The van der Waals surface area contributed by atoms with E-state index in [0.717, 1.165) is 0 Å². The standard InChI is InChI=1S/C4H9O5P/c5-1-2-8-3-4-9-10(6)7/h5H,1-4H2/q-2. The van der Waals surface area contributed by atoms with Crippen molar-refractivity contribution in [2.75, 3.05) is 26.4 Å². The summed E-state index contributed by atoms with van der Waals surface area (Å²) < 4.78 is 8.83. The van der Waals surface area contributed by atoms with Gasteiger partial charge in [0.1, 0.15) is 0 Å². The Kier molecular flexibility index (Phi) is 7.51. The first-order valence-electron chi connectivity index (χ1n) is 2.73. The zero-order valence-electron chi connectivity index (χ0n) is 5.36. The Morgan fingerprint density at radius 1 is 1.20 bits per heavy atom. The van der Waals surface area contributed by atoms with Crippen LogP contribution in [0.25, 0.3) is 0 Å². The van der Waals surface area contributed by atoms with Crippen LogP contribution in [0.4, 0.5) is 0 Å². The van der Waals surface area contributed by atoms with E-state index in [2.05, 4.69) is 4.52 Å². The lowest BCUT2D eigenvalue weighted by Crippen LogP contribution is -2.14. The average Bonchev–Trinajstić information content (AvgIpc) is 1.87. The molecule has 0 aromatic heterocycles. The number of ether oxygens (including phenoxy) is 1. The Hall–Kier alpha value is 0.230. The van der Waals surface area contributed by atoms with Crippen LogP contribution in [-0.2, 0) is 9.26 Å². The molecule has 0 unspecified atom stereocenters. The summed E-state index contributed by atoms with van der Waals surface area (Å²) in [6, 6.07) is 0. The van der Waals surface area contributed by atoms with Gasteiger partial charge in [-0.2, -0.15) is 8.60 Å². The molecule has 0 heterocycles. The summed E-state index contributed by atoms with van der Waals surface area (Å²) >= 11 is 0. The van der Waals surface area contributed by atoms with Crippen molar-refractivity contribution in [1.29, 1.82) is 0 Å². The van der Waals surface area contributed by atoms with Gasteiger partial charge in [0.25, 0.3) is 0 Å². The second-order valence-corrected chi connectivity index (χ2v) is 2.10. The first-order chi connectivity index (χ1) is 4.77. The maximum absolute atomic E-state index is 9.74. The molecule has 0 saturated carbocycles. The molecule has 0 aromatic rings. The van der Waals surface area contributed by atoms with Crippen LogP contribution in [-0.4, -0.2) is 31.5 Å². The zero-order chi connectivity index (χ0) is 7.82. The molecule has 0 spiro atoms. The first kappa shape index (κ1) is 10.2. The Bertz CT molecular complexity index is 68.7. The molecule has 0 bridgehead atoms. The van der Waals surface area contributed by atoms with Crippen LogP contribution in [0.3, 0.4) is 0 Å². The molecule has 0 aliphatic carbocycles. The number of hydrogen-bond acceptors (Lipinski definition) is 5. The Morgan fingerprint density at radius 2 is 1.90 bits per heavy atom. The molecule has 0 aliphatic rings. The topological polar surface area (TPSA) is 84.8 Å². The Labute approximate surface area is 60.2 Å². The molecule has 0 aromatic carbocycles. The molecule has 0 fully saturated rings. The molecular weight excluding hydrogens is 159 g/mol. The van der Waals surface area contributed by atoms with Crippen LogP contribution in [0.1, 0.15) is 0 Å². The van der Waals surface area contributed by atoms with Gasteiger partial charge in [-0.25, -0.2) is 0 Å². The fourth-order valence-corrected chi connectivity index (χ4v) is 0.561. The smallest absolute Gasteiger partial charge is 0.0710 e. The lowest BCUT2D eigenvalue weighted by Gasteiger charge is -2.28. The first-order valence-corrected chi connectivity index (χ1v) is 3.83. The Morgan fingerprint density at radius 3 is 2.40 bits per heavy atom. The van der Waals surface area contributed by atoms with Gasteiger partial charge < -0.3 is 24.2 Å². The van der Waals surface area contributed by atoms with Gasteiger partial charge in [-0.05, 0) is 0 Å². The van der Waals surface area contributed by atoms with E-state index in [1.54, 1.807) is 0 Å². The highest BCUT2D eigenvalue weighted by atomic mass is 31.2. The van der Waals surface area contributed by atoms with Gasteiger partial charge >= 0.3 is 0 Å². The largest absolute Gasteiger partial charge is 0.820 e. The van der Waals surface area contributed by atoms with Gasteiger partial charge in [0.05, 0.1) is 26.4 Å². The van der Waals surface area contributed by atoms with E-state index in [0.29, 0.717) is 0 Å². The molecule has 0 aliphatic heterocycles. The van der Waals surface area contributed by atoms with Gasteiger partial charge in [0, 0.05) is 0 Å². The lowest BCUT2D eigenvalue weighted by molar-refractivity contribution is -0.318. The van der Waals surface area contributed by atoms with Crippen molar-refractivity contribution in [3.05, 3.63) is 0 Å². The molecule has 0 atom stereocenters. The van der Waals surface area contributed by atoms with Gasteiger partial charge in [-0.3, -0.25) is 0 Å². The molecule has 62 valence electrons. The van der Waals surface area contributed by atoms with Crippen LogP contribution in [0.15, 0.2) is 0 Å². The van der Waals surface area contributed by atoms with Gasteiger partial charge in [-0.1, -0.05) is 0 Å². The number of hydrogen-bond donors (Lipinski definition) is 1. The number of aliphatic hydroxyl groups is 1. The monoisotopic (exact) mass is 168 g/mol. The van der Waals surface area contributed by atoms with E-state index in [4.69, 9.17) is 9.84 Å². The molecular formula is C4H9O5P-2. The third kappa shape index (κ3) is 8.23. The SMILES string of the molecule is [O-]P([O-])OCCOCCO. The minimum atomic E-state index is -2.76. The van der Waals surface area contributed by atoms with Crippen molar-refractivity contribution in [1.82, 2.24) is 0 Å². The molecule has 6 heteroatoms. The molecule has 0 rings (SSSR count). The van der Waals surface area contributed by atoms with Crippen molar-refractivity contribution in [3.63, 3.8) is 0 Å². The summed E-state index contributed by atoms with van der Waals surface area (Å²) in [7, 11) is -2.76. The minimum absolute atomic E-state index is 0.0126. The summed E-state index contributed by atoms with van der Waals surface area (Å²) in [5, 5.41) is 8.19. The molecule has 1 N–H and O–H groups in total. The predicted molar refractivity (Wildman–Crippen MR) is 30.8 cm³/mol. The van der Waals surface area contributed by atoms with Crippen LogP contribution in [0, 0.1) is 0 Å². The van der Waals surface area contributed by atoms with Crippen molar-refractivity contribution >= 4 is 8.60 Å². The van der Waals surface area contributed by atoms with Crippen molar-refractivity contribution in [3.8, 4) is 0 Å². The van der Waals surface area contributed by atoms with E-state index in [1.165, 1.54) is 0 Å². The van der Waals surface area contributed by atoms with Crippen molar-refractivity contribution < 1.29 is 24.2 Å². The highest BCUT2D eigenvalue weighted by molar-refractivity contribution is 7.36. The maximum atomic E-state index is 9.74. The van der Waals surface area contributed by atoms with Crippen LogP contribution >= 0.6 is 8.60 Å². The summed E-state index contributed by atoms with van der Waals surface area (Å²) in [5.74, 6) is 0. The second kappa shape index (κ2) is 7.34. The Balaban J connectivity index is 2.77. The fraction of sp³-hybridized carbons (Fsp3) is 1.00. The summed E-state index contributed by atoms with van der Waals surface area (Å²) in [6.07, 6.45) is 0. The van der Waals surface area contributed by atoms with E-state index < -0.39 is 8.60 Å². The number of aliphatic hydroxyl groups excluding tert-OH is 1. The van der Waals surface area contributed by atoms with E-state index in [-0.39, 0.29) is 26.4 Å². The second-order valence-electron chi connectivity index (χ2n) is 1.39. The third-order valence-corrected chi connectivity index (χ3v) is 1.05. The van der Waals surface area contributed by atoms with Crippen LogP contribution in [0.2, 0.25) is 0 Å². The highest BCUT2D eigenvalue weighted by Crippen LogP contribution is 2.10.